The summed E-state index contributed by atoms with van der Waals surface area (Å²) in [6.07, 6.45) is 0. The molecule has 28 heavy (non-hydrogen) atoms. The summed E-state index contributed by atoms with van der Waals surface area (Å²) in [5, 5.41) is 7.45. The van der Waals surface area contributed by atoms with Gasteiger partial charge in [-0.25, -0.2) is 0 Å². The van der Waals surface area contributed by atoms with Gasteiger partial charge in [0.25, 0.3) is 5.56 Å². The molecule has 0 saturated heterocycles. The molecule has 1 amide bonds. The van der Waals surface area contributed by atoms with Crippen molar-refractivity contribution in [2.45, 2.75) is 24.1 Å². The summed E-state index contributed by atoms with van der Waals surface area (Å²) in [5.41, 5.74) is 2.23. The van der Waals surface area contributed by atoms with Gasteiger partial charge in [0.15, 0.2) is 0 Å². The highest BCUT2D eigenvalue weighted by molar-refractivity contribution is 8.00. The Kier molecular flexibility index (Phi) is 6.16. The van der Waals surface area contributed by atoms with Gasteiger partial charge in [0.2, 0.25) is 5.91 Å². The molecule has 0 radical (unpaired) electrons. The van der Waals surface area contributed by atoms with Gasteiger partial charge in [-0.05, 0) is 44.2 Å². The lowest BCUT2D eigenvalue weighted by Crippen LogP contribution is -2.24. The average molecular weight is 395 g/mol. The molecule has 1 atom stereocenters. The van der Waals surface area contributed by atoms with E-state index in [4.69, 9.17) is 4.74 Å². The van der Waals surface area contributed by atoms with Crippen LogP contribution in [-0.4, -0.2) is 28.0 Å². The summed E-state index contributed by atoms with van der Waals surface area (Å²) in [4.78, 5) is 24.7. The predicted octanol–water partition coefficient (Wildman–Crippen LogP) is 3.67. The Labute approximate surface area is 167 Å². The molecule has 0 saturated carbocycles. The third-order valence-electron chi connectivity index (χ3n) is 4.06. The highest BCUT2D eigenvalue weighted by Gasteiger charge is 2.16. The van der Waals surface area contributed by atoms with E-state index in [0.717, 1.165) is 5.56 Å². The smallest absolute Gasteiger partial charge is 0.271 e. The van der Waals surface area contributed by atoms with E-state index >= 15 is 0 Å². The highest BCUT2D eigenvalue weighted by Crippen LogP contribution is 2.23. The number of carbonyl (C=O) groups is 1. The number of anilines is 1. The fourth-order valence-corrected chi connectivity index (χ4v) is 3.31. The molecule has 0 aliphatic rings. The molecule has 0 aliphatic carbocycles. The number of carbonyl (C=O) groups excluding carboxylic acids is 1. The lowest BCUT2D eigenvalue weighted by atomic mass is 10.2. The second kappa shape index (κ2) is 8.75. The van der Waals surface area contributed by atoms with Gasteiger partial charge in [-0.3, -0.25) is 9.59 Å². The maximum absolute atomic E-state index is 12.5. The van der Waals surface area contributed by atoms with Crippen LogP contribution in [0.3, 0.4) is 0 Å². The quantitative estimate of drug-likeness (QED) is 0.645. The number of hydrogen-bond donors (Lipinski definition) is 1. The number of rotatable bonds is 6. The van der Waals surface area contributed by atoms with Crippen LogP contribution < -0.4 is 15.6 Å². The molecule has 144 valence electrons. The summed E-state index contributed by atoms with van der Waals surface area (Å²) in [5.74, 6) is 0.512. The molecule has 0 aliphatic heterocycles. The van der Waals surface area contributed by atoms with Gasteiger partial charge in [-0.2, -0.15) is 9.78 Å². The Bertz CT molecular complexity index is 1030. The number of aryl methyl sites for hydroxylation is 1. The summed E-state index contributed by atoms with van der Waals surface area (Å²) in [6.45, 7) is 3.78. The van der Waals surface area contributed by atoms with Crippen molar-refractivity contribution in [1.82, 2.24) is 9.78 Å². The summed E-state index contributed by atoms with van der Waals surface area (Å²) >= 11 is 1.29. The molecule has 6 nitrogen and oxygen atoms in total. The van der Waals surface area contributed by atoms with Crippen molar-refractivity contribution in [3.63, 3.8) is 0 Å². The van der Waals surface area contributed by atoms with E-state index in [1.807, 2.05) is 43.3 Å². The van der Waals surface area contributed by atoms with Gasteiger partial charge < -0.3 is 10.1 Å². The molecule has 1 aromatic heterocycles. The second-order valence-electron chi connectivity index (χ2n) is 6.24. The van der Waals surface area contributed by atoms with Gasteiger partial charge in [-0.15, -0.1) is 0 Å². The van der Waals surface area contributed by atoms with E-state index in [2.05, 4.69) is 10.4 Å². The molecule has 1 heterocycles. The molecule has 0 bridgehead atoms. The molecule has 0 spiro atoms. The summed E-state index contributed by atoms with van der Waals surface area (Å²) < 4.78 is 6.51. The first-order valence-electron chi connectivity index (χ1n) is 8.75. The van der Waals surface area contributed by atoms with E-state index in [1.54, 1.807) is 32.2 Å². The minimum absolute atomic E-state index is 0.159. The lowest BCUT2D eigenvalue weighted by Gasteiger charge is -2.13. The van der Waals surface area contributed by atoms with Crippen molar-refractivity contribution in [3.05, 3.63) is 76.6 Å². The number of methoxy groups -OCH3 is 1. The largest absolute Gasteiger partial charge is 0.497 e. The van der Waals surface area contributed by atoms with Crippen molar-refractivity contribution in [1.29, 1.82) is 0 Å². The van der Waals surface area contributed by atoms with Crippen LogP contribution in [0.2, 0.25) is 0 Å². The van der Waals surface area contributed by atoms with Crippen molar-refractivity contribution >= 4 is 23.4 Å². The number of ether oxygens (including phenoxy) is 1. The first-order chi connectivity index (χ1) is 13.5. The van der Waals surface area contributed by atoms with Crippen molar-refractivity contribution in [2.75, 3.05) is 12.4 Å². The van der Waals surface area contributed by atoms with Crippen LogP contribution in [0.25, 0.3) is 5.69 Å². The number of thioether (sulfide) groups is 1. The molecule has 3 rings (SSSR count). The first kappa shape index (κ1) is 19.7. The van der Waals surface area contributed by atoms with Gasteiger partial charge >= 0.3 is 0 Å². The summed E-state index contributed by atoms with van der Waals surface area (Å²) in [6, 6.07) is 17.8. The first-order valence-corrected chi connectivity index (χ1v) is 9.63. The van der Waals surface area contributed by atoms with E-state index < -0.39 is 5.25 Å². The Balaban J connectivity index is 1.73. The minimum Gasteiger partial charge on any atom is -0.497 e. The van der Waals surface area contributed by atoms with E-state index in [-0.39, 0.29) is 11.5 Å². The maximum Gasteiger partial charge on any atom is 0.271 e. The molecule has 3 aromatic rings. The Morgan fingerprint density at radius 2 is 1.89 bits per heavy atom. The monoisotopic (exact) mass is 395 g/mol. The number of hydrogen-bond acceptors (Lipinski definition) is 5. The molecule has 0 fully saturated rings. The Hall–Kier alpha value is -3.06. The zero-order valence-corrected chi connectivity index (χ0v) is 16.7. The zero-order valence-electron chi connectivity index (χ0n) is 15.9. The number of amides is 1. The van der Waals surface area contributed by atoms with Gasteiger partial charge in [0.1, 0.15) is 10.8 Å². The van der Waals surface area contributed by atoms with Crippen LogP contribution in [0.5, 0.6) is 5.75 Å². The van der Waals surface area contributed by atoms with Gasteiger partial charge in [0.05, 0.1) is 18.0 Å². The standard InChI is InChI=1S/C21H21N3O3S/c1-14-7-9-17(10-8-14)24-20(25)12-11-19(23-24)28-15(2)21(26)22-16-5-4-6-18(13-16)27-3/h4-13,15H,1-3H3,(H,22,26)/t15-/m0/s1. The fraction of sp³-hybridized carbons (Fsp3) is 0.190. The second-order valence-corrected chi connectivity index (χ2v) is 7.60. The van der Waals surface area contributed by atoms with E-state index in [0.29, 0.717) is 22.2 Å². The van der Waals surface area contributed by atoms with Crippen LogP contribution in [0, 0.1) is 6.92 Å². The Morgan fingerprint density at radius 3 is 2.61 bits per heavy atom. The predicted molar refractivity (Wildman–Crippen MR) is 112 cm³/mol. The van der Waals surface area contributed by atoms with Crippen molar-refractivity contribution < 1.29 is 9.53 Å². The van der Waals surface area contributed by atoms with E-state index in [1.165, 1.54) is 22.5 Å². The third-order valence-corrected chi connectivity index (χ3v) is 5.09. The van der Waals surface area contributed by atoms with Crippen molar-refractivity contribution in [2.24, 2.45) is 0 Å². The van der Waals surface area contributed by atoms with Crippen LogP contribution in [0.1, 0.15) is 12.5 Å². The van der Waals surface area contributed by atoms with Crippen LogP contribution in [-0.2, 0) is 4.79 Å². The van der Waals surface area contributed by atoms with E-state index in [9.17, 15) is 9.59 Å². The van der Waals surface area contributed by atoms with Gasteiger partial charge in [-0.1, -0.05) is 35.5 Å². The summed E-state index contributed by atoms with van der Waals surface area (Å²) in [7, 11) is 1.58. The lowest BCUT2D eigenvalue weighted by molar-refractivity contribution is -0.115. The molecular weight excluding hydrogens is 374 g/mol. The highest BCUT2D eigenvalue weighted by atomic mass is 32.2. The van der Waals surface area contributed by atoms with Gasteiger partial charge in [0, 0.05) is 17.8 Å². The van der Waals surface area contributed by atoms with Crippen LogP contribution >= 0.6 is 11.8 Å². The number of aromatic nitrogens is 2. The zero-order chi connectivity index (χ0) is 20.1. The topological polar surface area (TPSA) is 73.2 Å². The SMILES string of the molecule is COc1cccc(NC(=O)[C@H](C)Sc2ccc(=O)n(-c3ccc(C)cc3)n2)c1. The third kappa shape index (κ3) is 4.80. The Morgan fingerprint density at radius 1 is 1.14 bits per heavy atom. The number of nitrogens with zero attached hydrogens (tertiary/aromatic N) is 2. The number of nitrogens with one attached hydrogen (secondary N) is 1. The van der Waals surface area contributed by atoms with Crippen molar-refractivity contribution in [3.8, 4) is 11.4 Å². The maximum atomic E-state index is 12.5. The van der Waals surface area contributed by atoms with Crippen LogP contribution in [0.4, 0.5) is 5.69 Å². The fourth-order valence-electron chi connectivity index (χ4n) is 2.51. The normalized spacial score (nSPS) is 11.7. The average Bonchev–Trinajstić information content (AvgIpc) is 2.70. The molecule has 2 aromatic carbocycles. The van der Waals surface area contributed by atoms with Crippen LogP contribution in [0.15, 0.2) is 70.5 Å². The molecular formula is C21H21N3O3S. The molecule has 7 heteroatoms. The minimum atomic E-state index is -0.400. The molecule has 1 N–H and O–H groups in total. The number of benzene rings is 2. The molecule has 0 unspecified atom stereocenters.